The molecule has 1 heterocycles. The van der Waals surface area contributed by atoms with Crippen molar-refractivity contribution in [3.8, 4) is 0 Å². The molecule has 5 nitrogen and oxygen atoms in total. The fourth-order valence-electron chi connectivity index (χ4n) is 2.50. The Balaban J connectivity index is 1.92. The summed E-state index contributed by atoms with van der Waals surface area (Å²) < 4.78 is 0. The highest BCUT2D eigenvalue weighted by Crippen LogP contribution is 2.22. The number of nitrogens with zero attached hydrogens (tertiary/aromatic N) is 2. The zero-order valence-corrected chi connectivity index (χ0v) is 12.4. The first-order valence-electron chi connectivity index (χ1n) is 7.12. The molecule has 0 aliphatic carbocycles. The quantitative estimate of drug-likeness (QED) is 0.813. The van der Waals surface area contributed by atoms with E-state index in [4.69, 9.17) is 5.73 Å². The molecule has 1 fully saturated rings. The zero-order chi connectivity index (χ0) is 14.5. The van der Waals surface area contributed by atoms with Crippen molar-refractivity contribution >= 4 is 17.3 Å². The molecule has 1 aliphatic rings. The van der Waals surface area contributed by atoms with Gasteiger partial charge in [0.1, 0.15) is 0 Å². The Labute approximate surface area is 120 Å². The lowest BCUT2D eigenvalue weighted by Crippen LogP contribution is -2.36. The molecule has 1 aromatic rings. The molecule has 2 rings (SSSR count). The summed E-state index contributed by atoms with van der Waals surface area (Å²) in [5, 5.41) is 2.94. The van der Waals surface area contributed by atoms with Crippen molar-refractivity contribution < 1.29 is 4.79 Å². The summed E-state index contributed by atoms with van der Waals surface area (Å²) in [7, 11) is 2.12. The third-order valence-electron chi connectivity index (χ3n) is 3.75. The lowest BCUT2D eigenvalue weighted by Gasteiger charge is -2.20. The maximum Gasteiger partial charge on any atom is 0.238 e. The van der Waals surface area contributed by atoms with E-state index in [2.05, 4.69) is 22.2 Å². The minimum atomic E-state index is 0.00977. The second-order valence-electron chi connectivity index (χ2n) is 5.52. The number of hydrogen-bond acceptors (Lipinski definition) is 4. The van der Waals surface area contributed by atoms with Crippen LogP contribution in [-0.4, -0.2) is 55.5 Å². The van der Waals surface area contributed by atoms with Crippen molar-refractivity contribution in [2.75, 3.05) is 50.8 Å². The minimum Gasteiger partial charge on any atom is -0.397 e. The van der Waals surface area contributed by atoms with Gasteiger partial charge in [0.25, 0.3) is 0 Å². The van der Waals surface area contributed by atoms with E-state index in [1.54, 1.807) is 0 Å². The third kappa shape index (κ3) is 3.95. The maximum absolute atomic E-state index is 12.2. The van der Waals surface area contributed by atoms with Gasteiger partial charge in [-0.15, -0.1) is 0 Å². The van der Waals surface area contributed by atoms with Crippen molar-refractivity contribution in [3.63, 3.8) is 0 Å². The number of carbonyl (C=O) groups excluding carboxylic acids is 1. The fraction of sp³-hybridized carbons (Fsp3) is 0.533. The summed E-state index contributed by atoms with van der Waals surface area (Å²) in [6.45, 7) is 6.41. The molecule has 0 spiro atoms. The van der Waals surface area contributed by atoms with E-state index in [1.165, 1.54) is 0 Å². The highest BCUT2D eigenvalue weighted by Gasteiger charge is 2.16. The number of aryl methyl sites for hydroxylation is 1. The van der Waals surface area contributed by atoms with Crippen LogP contribution in [0.2, 0.25) is 0 Å². The van der Waals surface area contributed by atoms with E-state index in [9.17, 15) is 4.79 Å². The number of nitrogen functional groups attached to an aromatic ring is 1. The minimum absolute atomic E-state index is 0.00977. The van der Waals surface area contributed by atoms with Gasteiger partial charge in [-0.25, -0.2) is 0 Å². The van der Waals surface area contributed by atoms with E-state index in [1.807, 2.05) is 25.1 Å². The van der Waals surface area contributed by atoms with Crippen molar-refractivity contribution in [2.24, 2.45) is 0 Å². The van der Waals surface area contributed by atoms with Gasteiger partial charge in [-0.05, 0) is 45.1 Å². The van der Waals surface area contributed by atoms with E-state index >= 15 is 0 Å². The van der Waals surface area contributed by atoms with Crippen LogP contribution in [0.15, 0.2) is 18.2 Å². The second kappa shape index (κ2) is 6.72. The topological polar surface area (TPSA) is 61.6 Å². The summed E-state index contributed by atoms with van der Waals surface area (Å²) >= 11 is 0. The first kappa shape index (κ1) is 14.8. The molecule has 0 radical (unpaired) electrons. The molecule has 5 heteroatoms. The van der Waals surface area contributed by atoms with Crippen LogP contribution in [0.5, 0.6) is 0 Å². The van der Waals surface area contributed by atoms with Gasteiger partial charge in [-0.1, -0.05) is 12.1 Å². The Morgan fingerprint density at radius 2 is 2.10 bits per heavy atom. The molecule has 1 saturated heterocycles. The normalized spacial score (nSPS) is 17.7. The fourth-order valence-corrected chi connectivity index (χ4v) is 2.50. The molecular formula is C15H24N4O. The first-order valence-corrected chi connectivity index (χ1v) is 7.12. The monoisotopic (exact) mass is 276 g/mol. The van der Waals surface area contributed by atoms with Crippen molar-refractivity contribution in [2.45, 2.75) is 13.3 Å². The smallest absolute Gasteiger partial charge is 0.238 e. The molecular weight excluding hydrogens is 252 g/mol. The van der Waals surface area contributed by atoms with Gasteiger partial charge in [0.05, 0.1) is 17.9 Å². The van der Waals surface area contributed by atoms with E-state index in [-0.39, 0.29) is 5.91 Å². The number of anilines is 2. The number of likely N-dealkylation sites (N-methyl/N-ethyl adjacent to an activating group) is 1. The molecule has 0 saturated carbocycles. The van der Waals surface area contributed by atoms with Crippen LogP contribution in [0, 0.1) is 6.92 Å². The van der Waals surface area contributed by atoms with Crippen LogP contribution < -0.4 is 11.1 Å². The number of carbonyl (C=O) groups is 1. The summed E-state index contributed by atoms with van der Waals surface area (Å²) in [5.74, 6) is 0.00977. The maximum atomic E-state index is 12.2. The predicted molar refractivity (Wildman–Crippen MR) is 82.8 cm³/mol. The lowest BCUT2D eigenvalue weighted by atomic mass is 10.1. The standard InChI is InChI=1S/C15H24N4O/c1-12-5-3-6-13(16)15(12)17-14(20)11-19-8-4-7-18(2)9-10-19/h3,5-6H,4,7-11,16H2,1-2H3,(H,17,20). The van der Waals surface area contributed by atoms with Crippen LogP contribution in [0.3, 0.4) is 0 Å². The zero-order valence-electron chi connectivity index (χ0n) is 12.4. The van der Waals surface area contributed by atoms with Gasteiger partial charge in [0.2, 0.25) is 5.91 Å². The molecule has 0 atom stereocenters. The largest absolute Gasteiger partial charge is 0.397 e. The molecule has 1 aromatic carbocycles. The van der Waals surface area contributed by atoms with E-state index in [0.29, 0.717) is 12.2 Å². The van der Waals surface area contributed by atoms with Crippen LogP contribution in [0.1, 0.15) is 12.0 Å². The lowest BCUT2D eigenvalue weighted by molar-refractivity contribution is -0.117. The molecule has 1 aliphatic heterocycles. The highest BCUT2D eigenvalue weighted by molar-refractivity contribution is 5.96. The average Bonchev–Trinajstić information content (AvgIpc) is 2.59. The van der Waals surface area contributed by atoms with Crippen LogP contribution in [-0.2, 0) is 4.79 Å². The SMILES string of the molecule is Cc1cccc(N)c1NC(=O)CN1CCCN(C)CC1. The van der Waals surface area contributed by atoms with Gasteiger partial charge in [-0.3, -0.25) is 9.69 Å². The number of amides is 1. The number of hydrogen-bond donors (Lipinski definition) is 2. The Morgan fingerprint density at radius 3 is 2.85 bits per heavy atom. The molecule has 110 valence electrons. The Morgan fingerprint density at radius 1 is 1.30 bits per heavy atom. The summed E-state index contributed by atoms with van der Waals surface area (Å²) in [5.41, 5.74) is 8.27. The van der Waals surface area contributed by atoms with E-state index in [0.717, 1.165) is 43.9 Å². The number of para-hydroxylation sites is 1. The van der Waals surface area contributed by atoms with Crippen LogP contribution in [0.25, 0.3) is 0 Å². The van der Waals surface area contributed by atoms with Gasteiger partial charge in [0.15, 0.2) is 0 Å². The number of benzene rings is 1. The van der Waals surface area contributed by atoms with Gasteiger partial charge in [-0.2, -0.15) is 0 Å². The van der Waals surface area contributed by atoms with Gasteiger partial charge in [0, 0.05) is 13.1 Å². The van der Waals surface area contributed by atoms with Crippen molar-refractivity contribution in [3.05, 3.63) is 23.8 Å². The van der Waals surface area contributed by atoms with Crippen molar-refractivity contribution in [1.29, 1.82) is 0 Å². The molecule has 1 amide bonds. The summed E-state index contributed by atoms with van der Waals surface area (Å²) in [4.78, 5) is 16.7. The molecule has 20 heavy (non-hydrogen) atoms. The summed E-state index contributed by atoms with van der Waals surface area (Å²) in [6.07, 6.45) is 1.11. The molecule has 0 unspecified atom stereocenters. The Bertz CT molecular complexity index is 455. The Kier molecular flexibility index (Phi) is 4.98. The number of rotatable bonds is 3. The van der Waals surface area contributed by atoms with Crippen LogP contribution in [0.4, 0.5) is 11.4 Å². The predicted octanol–water partition coefficient (Wildman–Crippen LogP) is 1.15. The molecule has 0 bridgehead atoms. The third-order valence-corrected chi connectivity index (χ3v) is 3.75. The number of nitrogens with two attached hydrogens (primary N) is 1. The average molecular weight is 276 g/mol. The molecule has 3 N–H and O–H groups in total. The highest BCUT2D eigenvalue weighted by atomic mass is 16.2. The van der Waals surface area contributed by atoms with Crippen LogP contribution >= 0.6 is 0 Å². The second-order valence-corrected chi connectivity index (χ2v) is 5.52. The van der Waals surface area contributed by atoms with E-state index < -0.39 is 0 Å². The number of nitrogens with one attached hydrogen (secondary N) is 1. The summed E-state index contributed by atoms with van der Waals surface area (Å²) in [6, 6.07) is 5.65. The van der Waals surface area contributed by atoms with Crippen molar-refractivity contribution in [1.82, 2.24) is 9.80 Å². The van der Waals surface area contributed by atoms with Gasteiger partial charge >= 0.3 is 0 Å². The van der Waals surface area contributed by atoms with Gasteiger partial charge < -0.3 is 16.0 Å². The Hall–Kier alpha value is -1.59. The molecule has 0 aromatic heterocycles. The first-order chi connectivity index (χ1) is 9.56.